The van der Waals surface area contributed by atoms with Crippen LogP contribution in [0.5, 0.6) is 11.5 Å². The van der Waals surface area contributed by atoms with Gasteiger partial charge in [-0.25, -0.2) is 0 Å². The van der Waals surface area contributed by atoms with Crippen molar-refractivity contribution in [3.8, 4) is 11.5 Å². The van der Waals surface area contributed by atoms with E-state index >= 15 is 0 Å². The van der Waals surface area contributed by atoms with Crippen molar-refractivity contribution in [3.05, 3.63) is 89.3 Å². The lowest BCUT2D eigenvalue weighted by atomic mass is 9.96. The fourth-order valence-corrected chi connectivity index (χ4v) is 4.39. The summed E-state index contributed by atoms with van der Waals surface area (Å²) in [5, 5.41) is 11.3. The van der Waals surface area contributed by atoms with E-state index in [0.717, 1.165) is 24.2 Å². The first-order valence-corrected chi connectivity index (χ1v) is 10.7. The highest BCUT2D eigenvalue weighted by molar-refractivity contribution is 6.51. The van der Waals surface area contributed by atoms with Gasteiger partial charge in [0.1, 0.15) is 23.3 Å². The van der Waals surface area contributed by atoms with Crippen molar-refractivity contribution in [2.24, 2.45) is 0 Å². The van der Waals surface area contributed by atoms with E-state index in [4.69, 9.17) is 9.47 Å². The zero-order valence-corrected chi connectivity index (χ0v) is 18.0. The Kier molecular flexibility index (Phi) is 5.30. The summed E-state index contributed by atoms with van der Waals surface area (Å²) in [5.41, 5.74) is 2.29. The number of aryl methyl sites for hydroxylation is 1. The molecule has 33 heavy (non-hydrogen) atoms. The third kappa shape index (κ3) is 3.51. The molecule has 7 heteroatoms. The maximum absolute atomic E-state index is 13.3. The van der Waals surface area contributed by atoms with Gasteiger partial charge >= 0.3 is 0 Å². The van der Waals surface area contributed by atoms with Crippen molar-refractivity contribution in [3.63, 3.8) is 0 Å². The van der Waals surface area contributed by atoms with Crippen LogP contribution < -0.4 is 14.4 Å². The third-order valence-electron chi connectivity index (χ3n) is 5.94. The highest BCUT2D eigenvalue weighted by atomic mass is 16.5. The first kappa shape index (κ1) is 20.8. The molecule has 1 atom stereocenters. The number of hydrogen-bond donors (Lipinski definition) is 1. The summed E-state index contributed by atoms with van der Waals surface area (Å²) < 4.78 is 11.1. The molecule has 1 aromatic heterocycles. The number of para-hydroxylation sites is 2. The number of rotatable bonds is 4. The zero-order valence-electron chi connectivity index (χ0n) is 18.0. The van der Waals surface area contributed by atoms with Gasteiger partial charge in [0.25, 0.3) is 11.7 Å². The predicted octanol–water partition coefficient (Wildman–Crippen LogP) is 4.04. The topological polar surface area (TPSA) is 89.0 Å². The van der Waals surface area contributed by atoms with Crippen LogP contribution in [0.25, 0.3) is 5.76 Å². The lowest BCUT2D eigenvalue weighted by Crippen LogP contribution is -2.30. The van der Waals surface area contributed by atoms with Crippen molar-refractivity contribution < 1.29 is 24.2 Å². The maximum atomic E-state index is 13.3. The Hall–Kier alpha value is -4.13. The minimum Gasteiger partial charge on any atom is -0.507 e. The number of aromatic nitrogens is 1. The van der Waals surface area contributed by atoms with E-state index in [1.807, 2.05) is 6.07 Å². The first-order valence-electron chi connectivity index (χ1n) is 10.7. The molecule has 3 heterocycles. The number of ether oxygens (including phenoxy) is 2. The molecule has 0 saturated carbocycles. The van der Waals surface area contributed by atoms with Crippen LogP contribution >= 0.6 is 0 Å². The van der Waals surface area contributed by atoms with Gasteiger partial charge in [-0.1, -0.05) is 18.2 Å². The largest absolute Gasteiger partial charge is 0.507 e. The summed E-state index contributed by atoms with van der Waals surface area (Å²) in [4.78, 5) is 32.3. The summed E-state index contributed by atoms with van der Waals surface area (Å²) in [7, 11) is 1.50. The van der Waals surface area contributed by atoms with Crippen molar-refractivity contribution in [2.45, 2.75) is 18.9 Å². The van der Waals surface area contributed by atoms with E-state index in [1.54, 1.807) is 60.8 Å². The fourth-order valence-electron chi connectivity index (χ4n) is 4.39. The van der Waals surface area contributed by atoms with Gasteiger partial charge in [0.15, 0.2) is 0 Å². The summed E-state index contributed by atoms with van der Waals surface area (Å²) in [6.45, 7) is 0.655. The van der Waals surface area contributed by atoms with E-state index in [2.05, 4.69) is 4.98 Å². The number of carbonyl (C=O) groups is 2. The van der Waals surface area contributed by atoms with E-state index in [-0.39, 0.29) is 11.3 Å². The van der Waals surface area contributed by atoms with E-state index in [0.29, 0.717) is 29.3 Å². The average molecular weight is 442 g/mol. The quantitative estimate of drug-likeness (QED) is 0.373. The lowest BCUT2D eigenvalue weighted by Gasteiger charge is -2.26. The second-order valence-corrected chi connectivity index (χ2v) is 7.87. The third-order valence-corrected chi connectivity index (χ3v) is 5.94. The Bertz CT molecular complexity index is 1270. The Morgan fingerprint density at radius 1 is 1.12 bits per heavy atom. The van der Waals surface area contributed by atoms with Gasteiger partial charge in [0.05, 0.1) is 30.7 Å². The van der Waals surface area contributed by atoms with Crippen molar-refractivity contribution in [1.29, 1.82) is 0 Å². The lowest BCUT2D eigenvalue weighted by molar-refractivity contribution is -0.132. The highest BCUT2D eigenvalue weighted by Gasteiger charge is 2.48. The van der Waals surface area contributed by atoms with Crippen LogP contribution in [-0.4, -0.2) is 35.5 Å². The number of Topliss-reactive ketones (excluding diaryl/α,β-unsaturated/α-hetero) is 1. The molecule has 0 bridgehead atoms. The molecule has 1 N–H and O–H groups in total. The van der Waals surface area contributed by atoms with Gasteiger partial charge in [-0.15, -0.1) is 0 Å². The molecule has 2 aliphatic heterocycles. The van der Waals surface area contributed by atoms with Crippen molar-refractivity contribution >= 4 is 23.1 Å². The smallest absolute Gasteiger partial charge is 0.300 e. The molecule has 1 unspecified atom stereocenters. The predicted molar refractivity (Wildman–Crippen MR) is 122 cm³/mol. The summed E-state index contributed by atoms with van der Waals surface area (Å²) in [5.74, 6) is -0.560. The maximum Gasteiger partial charge on any atom is 0.300 e. The minimum absolute atomic E-state index is 0.0127. The second kappa shape index (κ2) is 8.43. The van der Waals surface area contributed by atoms with Gasteiger partial charge in [0, 0.05) is 11.8 Å². The SMILES string of the molecule is COc1ccccc1N1C(=O)C(=O)/C(=C(\O)c2ccc3c(c2)CCCO3)C1c1ccccn1. The summed E-state index contributed by atoms with van der Waals surface area (Å²) in [6.07, 6.45) is 3.28. The van der Waals surface area contributed by atoms with Crippen LogP contribution in [0.4, 0.5) is 5.69 Å². The molecule has 0 spiro atoms. The molecule has 2 aliphatic rings. The number of amides is 1. The van der Waals surface area contributed by atoms with Crippen LogP contribution in [0.3, 0.4) is 0 Å². The normalized spacial score (nSPS) is 19.2. The summed E-state index contributed by atoms with van der Waals surface area (Å²) >= 11 is 0. The molecule has 2 aromatic carbocycles. The molecule has 1 fully saturated rings. The monoisotopic (exact) mass is 442 g/mol. The van der Waals surface area contributed by atoms with Crippen molar-refractivity contribution in [1.82, 2.24) is 4.98 Å². The number of nitrogens with zero attached hydrogens (tertiary/aromatic N) is 2. The number of benzene rings is 2. The number of fused-ring (bicyclic) bond motifs is 1. The molecule has 7 nitrogen and oxygen atoms in total. The zero-order chi connectivity index (χ0) is 22.9. The molecular formula is C26H22N2O5. The molecule has 166 valence electrons. The number of aliphatic hydroxyl groups excluding tert-OH is 1. The van der Waals surface area contributed by atoms with Crippen molar-refractivity contribution in [2.75, 3.05) is 18.6 Å². The highest BCUT2D eigenvalue weighted by Crippen LogP contribution is 2.44. The van der Waals surface area contributed by atoms with Crippen LogP contribution in [0.2, 0.25) is 0 Å². The number of aliphatic hydroxyl groups is 1. The van der Waals surface area contributed by atoms with Gasteiger partial charge in [0.2, 0.25) is 0 Å². The Morgan fingerprint density at radius 2 is 1.94 bits per heavy atom. The molecule has 0 radical (unpaired) electrons. The van der Waals surface area contributed by atoms with Crippen LogP contribution in [-0.2, 0) is 16.0 Å². The Morgan fingerprint density at radius 3 is 2.73 bits per heavy atom. The van der Waals surface area contributed by atoms with Gasteiger partial charge < -0.3 is 14.6 Å². The number of carbonyl (C=O) groups excluding carboxylic acids is 2. The molecule has 1 amide bonds. The second-order valence-electron chi connectivity index (χ2n) is 7.87. The number of ketones is 1. The Labute approximate surface area is 190 Å². The number of hydrogen-bond acceptors (Lipinski definition) is 6. The number of pyridine rings is 1. The number of anilines is 1. The molecule has 0 aliphatic carbocycles. The molecule has 1 saturated heterocycles. The van der Waals surface area contributed by atoms with E-state index in [9.17, 15) is 14.7 Å². The Balaban J connectivity index is 1.70. The van der Waals surface area contributed by atoms with E-state index < -0.39 is 17.7 Å². The van der Waals surface area contributed by atoms with E-state index in [1.165, 1.54) is 12.0 Å². The van der Waals surface area contributed by atoms with Crippen LogP contribution in [0.15, 0.2) is 72.4 Å². The summed E-state index contributed by atoms with van der Waals surface area (Å²) in [6, 6.07) is 16.6. The van der Waals surface area contributed by atoms with Crippen LogP contribution in [0.1, 0.15) is 29.3 Å². The number of methoxy groups -OCH3 is 1. The van der Waals surface area contributed by atoms with Gasteiger partial charge in [-0.2, -0.15) is 0 Å². The van der Waals surface area contributed by atoms with Gasteiger partial charge in [-0.3, -0.25) is 19.5 Å². The molecule has 3 aromatic rings. The molecule has 5 rings (SSSR count). The minimum atomic E-state index is -0.908. The first-order chi connectivity index (χ1) is 16.1. The average Bonchev–Trinajstić information content (AvgIpc) is 3.13. The molecular weight excluding hydrogens is 420 g/mol. The van der Waals surface area contributed by atoms with Crippen LogP contribution in [0, 0.1) is 0 Å². The fraction of sp³-hybridized carbons (Fsp3) is 0.192. The standard InChI is InChI=1S/C26H22N2O5/c1-32-21-10-3-2-9-19(21)28-23(18-8-4-5-13-27-18)22(25(30)26(28)31)24(29)17-11-12-20-16(15-17)7-6-14-33-20/h2-5,8-13,15,23,29H,6-7,14H2,1H3/b24-22-. The van der Waals surface area contributed by atoms with Gasteiger partial charge in [-0.05, 0) is 60.9 Å².